The summed E-state index contributed by atoms with van der Waals surface area (Å²) in [6.07, 6.45) is 7.42. The van der Waals surface area contributed by atoms with E-state index in [1.54, 1.807) is 0 Å². The van der Waals surface area contributed by atoms with Gasteiger partial charge in [-0.1, -0.05) is 25.7 Å². The third-order valence-electron chi connectivity index (χ3n) is 4.41. The molecule has 0 heterocycles. The molecule has 102 valence electrons. The predicted molar refractivity (Wildman–Crippen MR) is 68.1 cm³/mol. The van der Waals surface area contributed by atoms with E-state index in [0.717, 1.165) is 31.6 Å². The molecule has 0 aromatic carbocycles. The lowest BCUT2D eigenvalue weighted by atomic mass is 9.74. The van der Waals surface area contributed by atoms with Gasteiger partial charge in [0.25, 0.3) is 0 Å². The molecule has 2 saturated carbocycles. The topological polar surface area (TPSA) is 66.4 Å². The Morgan fingerprint density at radius 1 is 1.28 bits per heavy atom. The van der Waals surface area contributed by atoms with E-state index in [0.29, 0.717) is 12.8 Å². The van der Waals surface area contributed by atoms with Crippen molar-refractivity contribution in [1.82, 2.24) is 5.32 Å². The monoisotopic (exact) mass is 253 g/mol. The standard InChI is InChI=1S/C14H23NO3/c1-14(9-3-2-4-11(14)13(17)18)15-12(16)8-7-10-5-6-10/h10-11H,2-9H2,1H3,(H,15,16)(H,17,18). The van der Waals surface area contributed by atoms with Crippen molar-refractivity contribution in [3.05, 3.63) is 0 Å². The van der Waals surface area contributed by atoms with Crippen LogP contribution in [0, 0.1) is 11.8 Å². The molecule has 0 aliphatic heterocycles. The molecule has 2 atom stereocenters. The maximum atomic E-state index is 11.9. The Labute approximate surface area is 108 Å². The van der Waals surface area contributed by atoms with Crippen LogP contribution < -0.4 is 5.32 Å². The van der Waals surface area contributed by atoms with E-state index < -0.39 is 17.4 Å². The molecule has 4 heteroatoms. The van der Waals surface area contributed by atoms with Crippen molar-refractivity contribution in [2.24, 2.45) is 11.8 Å². The minimum absolute atomic E-state index is 0.0255. The van der Waals surface area contributed by atoms with Gasteiger partial charge >= 0.3 is 5.97 Å². The Morgan fingerprint density at radius 3 is 2.61 bits per heavy atom. The summed E-state index contributed by atoms with van der Waals surface area (Å²) >= 11 is 0. The normalized spacial score (nSPS) is 31.9. The highest BCUT2D eigenvalue weighted by atomic mass is 16.4. The second-order valence-electron chi connectivity index (χ2n) is 6.08. The average molecular weight is 253 g/mol. The number of aliphatic carboxylic acids is 1. The van der Waals surface area contributed by atoms with Crippen molar-refractivity contribution in [1.29, 1.82) is 0 Å². The predicted octanol–water partition coefficient (Wildman–Crippen LogP) is 2.33. The van der Waals surface area contributed by atoms with Gasteiger partial charge in [-0.2, -0.15) is 0 Å². The first-order valence-electron chi connectivity index (χ1n) is 7.05. The minimum atomic E-state index is -0.778. The molecule has 2 fully saturated rings. The van der Waals surface area contributed by atoms with Gasteiger partial charge in [-0.15, -0.1) is 0 Å². The highest BCUT2D eigenvalue weighted by molar-refractivity contribution is 5.79. The fraction of sp³-hybridized carbons (Fsp3) is 0.857. The zero-order chi connectivity index (χ0) is 13.2. The fourth-order valence-corrected chi connectivity index (χ4v) is 3.00. The molecule has 18 heavy (non-hydrogen) atoms. The summed E-state index contributed by atoms with van der Waals surface area (Å²) in [6, 6.07) is 0. The first kappa shape index (κ1) is 13.4. The van der Waals surface area contributed by atoms with Crippen LogP contribution in [0.25, 0.3) is 0 Å². The highest BCUT2D eigenvalue weighted by Crippen LogP contribution is 2.35. The first-order valence-corrected chi connectivity index (χ1v) is 7.05. The van der Waals surface area contributed by atoms with Crippen LogP contribution in [0.1, 0.15) is 58.3 Å². The molecule has 0 saturated heterocycles. The van der Waals surface area contributed by atoms with E-state index in [4.69, 9.17) is 0 Å². The maximum absolute atomic E-state index is 11.9. The van der Waals surface area contributed by atoms with Crippen molar-refractivity contribution in [2.45, 2.75) is 63.8 Å². The summed E-state index contributed by atoms with van der Waals surface area (Å²) in [6.45, 7) is 1.89. The minimum Gasteiger partial charge on any atom is -0.481 e. The molecular weight excluding hydrogens is 230 g/mol. The van der Waals surface area contributed by atoms with E-state index >= 15 is 0 Å². The van der Waals surface area contributed by atoms with E-state index in [1.807, 2.05) is 6.92 Å². The third-order valence-corrected chi connectivity index (χ3v) is 4.41. The van der Waals surface area contributed by atoms with Crippen LogP contribution in [0.3, 0.4) is 0 Å². The van der Waals surface area contributed by atoms with Crippen molar-refractivity contribution in [2.75, 3.05) is 0 Å². The lowest BCUT2D eigenvalue weighted by Crippen LogP contribution is -2.55. The van der Waals surface area contributed by atoms with Crippen LogP contribution in [0.15, 0.2) is 0 Å². The van der Waals surface area contributed by atoms with E-state index in [2.05, 4.69) is 5.32 Å². The first-order chi connectivity index (χ1) is 8.51. The van der Waals surface area contributed by atoms with Crippen LogP contribution in [0.4, 0.5) is 0 Å². The second kappa shape index (κ2) is 5.29. The largest absolute Gasteiger partial charge is 0.481 e. The quantitative estimate of drug-likeness (QED) is 0.790. The Balaban J connectivity index is 1.89. The van der Waals surface area contributed by atoms with Crippen molar-refractivity contribution in [3.63, 3.8) is 0 Å². The molecule has 4 nitrogen and oxygen atoms in total. The van der Waals surface area contributed by atoms with E-state index in [9.17, 15) is 14.7 Å². The van der Waals surface area contributed by atoms with Gasteiger partial charge in [0.2, 0.25) is 5.91 Å². The summed E-state index contributed by atoms with van der Waals surface area (Å²) in [7, 11) is 0. The summed E-state index contributed by atoms with van der Waals surface area (Å²) in [5, 5.41) is 12.3. The molecule has 2 N–H and O–H groups in total. The van der Waals surface area contributed by atoms with Crippen LogP contribution in [-0.2, 0) is 9.59 Å². The summed E-state index contributed by atoms with van der Waals surface area (Å²) in [5.74, 6) is -0.446. The second-order valence-corrected chi connectivity index (χ2v) is 6.08. The molecular formula is C14H23NO3. The lowest BCUT2D eigenvalue weighted by molar-refractivity contribution is -0.146. The zero-order valence-electron chi connectivity index (χ0n) is 11.1. The number of hydrogen-bond donors (Lipinski definition) is 2. The molecule has 0 spiro atoms. The number of rotatable bonds is 5. The van der Waals surface area contributed by atoms with Crippen LogP contribution in [0.5, 0.6) is 0 Å². The lowest BCUT2D eigenvalue weighted by Gasteiger charge is -2.39. The number of carboxylic acid groups (broad SMARTS) is 1. The van der Waals surface area contributed by atoms with Gasteiger partial charge in [-0.05, 0) is 32.1 Å². The summed E-state index contributed by atoms with van der Waals surface area (Å²) < 4.78 is 0. The summed E-state index contributed by atoms with van der Waals surface area (Å²) in [4.78, 5) is 23.2. The van der Waals surface area contributed by atoms with Crippen LogP contribution in [0.2, 0.25) is 0 Å². The number of amides is 1. The van der Waals surface area contributed by atoms with Crippen molar-refractivity contribution in [3.8, 4) is 0 Å². The number of carbonyl (C=O) groups excluding carboxylic acids is 1. The molecule has 1 amide bonds. The van der Waals surface area contributed by atoms with E-state index in [-0.39, 0.29) is 5.91 Å². The Bertz CT molecular complexity index is 338. The van der Waals surface area contributed by atoms with Gasteiger partial charge in [0.05, 0.1) is 11.5 Å². The Morgan fingerprint density at radius 2 is 2.00 bits per heavy atom. The molecule has 2 rings (SSSR count). The molecule has 0 aromatic rings. The van der Waals surface area contributed by atoms with Crippen molar-refractivity contribution >= 4 is 11.9 Å². The number of carbonyl (C=O) groups is 2. The maximum Gasteiger partial charge on any atom is 0.308 e. The summed E-state index contributed by atoms with van der Waals surface area (Å²) in [5.41, 5.74) is -0.551. The van der Waals surface area contributed by atoms with Gasteiger partial charge in [-0.3, -0.25) is 9.59 Å². The molecule has 2 aliphatic carbocycles. The highest BCUT2D eigenvalue weighted by Gasteiger charge is 2.42. The third kappa shape index (κ3) is 3.24. The SMILES string of the molecule is CC1(NC(=O)CCC2CC2)CCCCC1C(=O)O. The molecule has 0 aromatic heterocycles. The molecule has 2 unspecified atom stereocenters. The van der Waals surface area contributed by atoms with Gasteiger partial charge < -0.3 is 10.4 Å². The number of nitrogens with one attached hydrogen (secondary N) is 1. The Kier molecular flexibility index (Phi) is 3.93. The fourth-order valence-electron chi connectivity index (χ4n) is 3.00. The van der Waals surface area contributed by atoms with Crippen molar-refractivity contribution < 1.29 is 14.7 Å². The van der Waals surface area contributed by atoms with Crippen LogP contribution in [-0.4, -0.2) is 22.5 Å². The molecule has 2 aliphatic rings. The van der Waals surface area contributed by atoms with Gasteiger partial charge in [-0.25, -0.2) is 0 Å². The van der Waals surface area contributed by atoms with Gasteiger partial charge in [0, 0.05) is 6.42 Å². The number of carboxylic acids is 1. The smallest absolute Gasteiger partial charge is 0.308 e. The Hall–Kier alpha value is -1.06. The average Bonchev–Trinajstić information content (AvgIpc) is 3.09. The zero-order valence-corrected chi connectivity index (χ0v) is 11.1. The number of hydrogen-bond acceptors (Lipinski definition) is 2. The van der Waals surface area contributed by atoms with Gasteiger partial charge in [0.15, 0.2) is 0 Å². The van der Waals surface area contributed by atoms with Crippen LogP contribution >= 0.6 is 0 Å². The van der Waals surface area contributed by atoms with Gasteiger partial charge in [0.1, 0.15) is 0 Å². The van der Waals surface area contributed by atoms with E-state index in [1.165, 1.54) is 12.8 Å². The molecule has 0 bridgehead atoms. The molecule has 0 radical (unpaired) electrons.